The Labute approximate surface area is 171 Å². The van der Waals surface area contributed by atoms with Gasteiger partial charge >= 0.3 is 0 Å². The van der Waals surface area contributed by atoms with Gasteiger partial charge in [0.1, 0.15) is 24.3 Å². The molecule has 0 radical (unpaired) electrons. The minimum atomic E-state index is -0.0476. The van der Waals surface area contributed by atoms with Gasteiger partial charge < -0.3 is 0 Å². The Morgan fingerprint density at radius 3 is 1.53 bits per heavy atom. The first kappa shape index (κ1) is 17.2. The number of hydrogen-bond donors (Lipinski definition) is 0. The van der Waals surface area contributed by atoms with E-state index in [1.807, 2.05) is 72.8 Å². The summed E-state index contributed by atoms with van der Waals surface area (Å²) in [5, 5.41) is 46.0. The molecule has 4 nitrogen and oxygen atoms in total. The molecule has 0 aromatic heterocycles. The molecule has 0 fully saturated rings. The molecule has 0 amide bonds. The Balaban J connectivity index is 2.34. The third kappa shape index (κ3) is 2.05. The van der Waals surface area contributed by atoms with E-state index < -0.39 is 0 Å². The molecular weight excluding hydrogens is 368 g/mol. The summed E-state index contributed by atoms with van der Waals surface area (Å²) in [6, 6.07) is 27.8. The van der Waals surface area contributed by atoms with Crippen molar-refractivity contribution in [1.82, 2.24) is 0 Å². The first-order valence-electron chi connectivity index (χ1n) is 9.21. The lowest BCUT2D eigenvalue weighted by Crippen LogP contribution is -1.99. The van der Waals surface area contributed by atoms with Crippen molar-refractivity contribution in [2.24, 2.45) is 0 Å². The number of fused-ring (bicyclic) bond motifs is 8. The molecule has 4 heteroatoms. The summed E-state index contributed by atoms with van der Waals surface area (Å²) >= 11 is 0. The van der Waals surface area contributed by atoms with Gasteiger partial charge in [-0.15, -0.1) is 0 Å². The highest BCUT2D eigenvalue weighted by Crippen LogP contribution is 2.43. The molecule has 5 aromatic carbocycles. The van der Waals surface area contributed by atoms with E-state index in [9.17, 15) is 21.0 Å². The van der Waals surface area contributed by atoms with Crippen molar-refractivity contribution in [1.29, 1.82) is 21.0 Å². The zero-order valence-electron chi connectivity index (χ0n) is 15.6. The van der Waals surface area contributed by atoms with Crippen LogP contribution in [0.3, 0.4) is 0 Å². The van der Waals surface area contributed by atoms with Crippen molar-refractivity contribution < 1.29 is 0 Å². The smallest absolute Gasteiger partial charge is 0.102 e. The van der Waals surface area contributed by atoms with Gasteiger partial charge in [0.15, 0.2) is 0 Å². The molecule has 0 bridgehead atoms. The van der Waals surface area contributed by atoms with Crippen LogP contribution in [-0.4, -0.2) is 0 Å². The first-order chi connectivity index (χ1) is 14.7. The lowest BCUT2D eigenvalue weighted by molar-refractivity contribution is 1.40. The maximum atomic E-state index is 10.0. The summed E-state index contributed by atoms with van der Waals surface area (Å²) in [5.41, 5.74) is 0.173. The van der Waals surface area contributed by atoms with Crippen LogP contribution in [0.4, 0.5) is 0 Å². The van der Waals surface area contributed by atoms with E-state index in [1.165, 1.54) is 0 Å². The molecule has 0 heterocycles. The molecule has 0 aliphatic heterocycles. The van der Waals surface area contributed by atoms with E-state index >= 15 is 0 Å². The molecule has 134 valence electrons. The van der Waals surface area contributed by atoms with Crippen LogP contribution in [0.15, 0.2) is 60.7 Å². The highest BCUT2D eigenvalue weighted by atomic mass is 14.4. The molecule has 0 atom stereocenters. The fraction of sp³-hybridized carbons (Fsp3) is 0. The number of hydrogen-bond acceptors (Lipinski definition) is 4. The SMILES string of the molecule is N#Cc1c(C#N)c(C#N)c2c(c1C#N)c1ccccc1c1ccc3ccccc3c12. The van der Waals surface area contributed by atoms with Crippen molar-refractivity contribution in [2.75, 3.05) is 0 Å². The van der Waals surface area contributed by atoms with Crippen LogP contribution in [-0.2, 0) is 0 Å². The Bertz CT molecular complexity index is 1730. The van der Waals surface area contributed by atoms with Gasteiger partial charge in [0.2, 0.25) is 0 Å². The lowest BCUT2D eigenvalue weighted by Gasteiger charge is -2.16. The fourth-order valence-corrected chi connectivity index (χ4v) is 4.42. The maximum absolute atomic E-state index is 10.0. The van der Waals surface area contributed by atoms with Gasteiger partial charge in [0.05, 0.1) is 22.3 Å². The minimum absolute atomic E-state index is 0.0474. The maximum Gasteiger partial charge on any atom is 0.102 e. The van der Waals surface area contributed by atoms with E-state index in [2.05, 4.69) is 12.1 Å². The van der Waals surface area contributed by atoms with Gasteiger partial charge in [0, 0.05) is 10.8 Å². The van der Waals surface area contributed by atoms with Crippen molar-refractivity contribution >= 4 is 43.1 Å². The average molecular weight is 378 g/mol. The highest BCUT2D eigenvalue weighted by Gasteiger charge is 2.24. The summed E-state index contributed by atoms with van der Waals surface area (Å²) in [5.74, 6) is 0. The second kappa shape index (κ2) is 6.32. The zero-order valence-corrected chi connectivity index (χ0v) is 15.6. The Hall–Kier alpha value is -4.90. The minimum Gasteiger partial charge on any atom is -0.192 e. The van der Waals surface area contributed by atoms with Crippen LogP contribution in [0.5, 0.6) is 0 Å². The van der Waals surface area contributed by atoms with E-state index in [1.54, 1.807) is 0 Å². The summed E-state index contributed by atoms with van der Waals surface area (Å²) in [7, 11) is 0. The Kier molecular flexibility index (Phi) is 3.63. The molecule has 5 rings (SSSR count). The molecule has 0 N–H and O–H groups in total. The van der Waals surface area contributed by atoms with Crippen molar-refractivity contribution in [2.45, 2.75) is 0 Å². The molecule has 30 heavy (non-hydrogen) atoms. The molecule has 0 spiro atoms. The summed E-state index contributed by atoms with van der Waals surface area (Å²) in [6.45, 7) is 0. The predicted octanol–water partition coefficient (Wildman–Crippen LogP) is 5.79. The third-order valence-corrected chi connectivity index (χ3v) is 5.61. The van der Waals surface area contributed by atoms with Crippen LogP contribution in [0, 0.1) is 45.3 Å². The van der Waals surface area contributed by atoms with Crippen LogP contribution in [0.1, 0.15) is 22.3 Å². The molecule has 0 unspecified atom stereocenters. The summed E-state index contributed by atoms with van der Waals surface area (Å²) in [4.78, 5) is 0. The second-order valence-corrected chi connectivity index (χ2v) is 6.95. The van der Waals surface area contributed by atoms with Crippen LogP contribution in [0.2, 0.25) is 0 Å². The van der Waals surface area contributed by atoms with Gasteiger partial charge in [-0.3, -0.25) is 0 Å². The van der Waals surface area contributed by atoms with Gasteiger partial charge in [-0.1, -0.05) is 60.7 Å². The number of benzene rings is 5. The number of nitriles is 4. The molecule has 0 aliphatic carbocycles. The highest BCUT2D eigenvalue weighted by molar-refractivity contribution is 6.33. The zero-order chi connectivity index (χ0) is 20.8. The average Bonchev–Trinajstić information content (AvgIpc) is 2.81. The third-order valence-electron chi connectivity index (χ3n) is 5.61. The molecule has 0 aliphatic rings. The Morgan fingerprint density at radius 2 is 0.900 bits per heavy atom. The Morgan fingerprint density at radius 1 is 0.400 bits per heavy atom. The monoisotopic (exact) mass is 378 g/mol. The van der Waals surface area contributed by atoms with Gasteiger partial charge in [-0.05, 0) is 32.3 Å². The van der Waals surface area contributed by atoms with E-state index in [-0.39, 0.29) is 22.3 Å². The molecule has 5 aromatic rings. The number of nitrogens with zero attached hydrogens (tertiary/aromatic N) is 4. The van der Waals surface area contributed by atoms with Crippen LogP contribution in [0.25, 0.3) is 43.1 Å². The van der Waals surface area contributed by atoms with Crippen LogP contribution < -0.4 is 0 Å². The molecule has 0 saturated carbocycles. The topological polar surface area (TPSA) is 95.2 Å². The number of rotatable bonds is 0. The summed E-state index contributed by atoms with van der Waals surface area (Å²) in [6.07, 6.45) is 0. The van der Waals surface area contributed by atoms with Crippen molar-refractivity contribution in [3.05, 3.63) is 82.9 Å². The predicted molar refractivity (Wildman–Crippen MR) is 115 cm³/mol. The van der Waals surface area contributed by atoms with Crippen molar-refractivity contribution in [3.63, 3.8) is 0 Å². The lowest BCUT2D eigenvalue weighted by atomic mass is 9.83. The largest absolute Gasteiger partial charge is 0.192 e. The van der Waals surface area contributed by atoms with E-state index in [4.69, 9.17) is 0 Å². The van der Waals surface area contributed by atoms with Gasteiger partial charge in [-0.25, -0.2) is 0 Å². The standard InChI is InChI=1S/C26H10N4/c27-11-20-21(12-28)23(14-30)26-24-16-6-2-1-5-15(16)9-10-19(24)17-7-3-4-8-18(17)25(26)22(20)13-29/h1-10H. The van der Waals surface area contributed by atoms with Gasteiger partial charge in [-0.2, -0.15) is 21.0 Å². The molecular formula is C26H10N4. The van der Waals surface area contributed by atoms with Crippen LogP contribution >= 0.6 is 0 Å². The normalized spacial score (nSPS) is 10.5. The first-order valence-corrected chi connectivity index (χ1v) is 9.21. The quantitative estimate of drug-likeness (QED) is 0.319. The van der Waals surface area contributed by atoms with Gasteiger partial charge in [0.25, 0.3) is 0 Å². The van der Waals surface area contributed by atoms with Crippen molar-refractivity contribution in [3.8, 4) is 24.3 Å². The molecule has 0 saturated heterocycles. The second-order valence-electron chi connectivity index (χ2n) is 6.95. The van der Waals surface area contributed by atoms with E-state index in [0.29, 0.717) is 10.8 Å². The van der Waals surface area contributed by atoms with E-state index in [0.717, 1.165) is 32.3 Å². The fourth-order valence-electron chi connectivity index (χ4n) is 4.42. The summed E-state index contributed by atoms with van der Waals surface area (Å²) < 4.78 is 0.